The first kappa shape index (κ1) is 20.2. The van der Waals surface area contributed by atoms with Gasteiger partial charge in [0.1, 0.15) is 17.2 Å². The minimum absolute atomic E-state index is 0.0557. The number of hydrogen-bond donors (Lipinski definition) is 2. The van der Waals surface area contributed by atoms with Gasteiger partial charge in [-0.2, -0.15) is 0 Å². The molecule has 0 aliphatic rings. The fourth-order valence-corrected chi connectivity index (χ4v) is 3.29. The van der Waals surface area contributed by atoms with Crippen LogP contribution in [0.25, 0.3) is 22.2 Å². The van der Waals surface area contributed by atoms with Crippen LogP contribution in [-0.4, -0.2) is 30.7 Å². The molecule has 0 bridgehead atoms. The van der Waals surface area contributed by atoms with Gasteiger partial charge >= 0.3 is 6.01 Å². The number of fused-ring (bicyclic) bond motifs is 1. The van der Waals surface area contributed by atoms with Gasteiger partial charge in [0, 0.05) is 53.1 Å². The number of rotatable bonds is 5. The molecule has 0 radical (unpaired) electrons. The maximum Gasteiger partial charge on any atom is 0.321 e. The lowest BCUT2D eigenvalue weighted by Gasteiger charge is -2.07. The zero-order valence-corrected chi connectivity index (χ0v) is 16.8. The SMILES string of the molecule is Nc1ccc(F)c(C(=O)c2c[nH]c3ncc(-c4cnc(Oc5cccnc5)nc4)cc23)c1F. The Hall–Kier alpha value is -4.73. The Kier molecular flexibility index (Phi) is 4.94. The minimum Gasteiger partial charge on any atom is -0.423 e. The fourth-order valence-electron chi connectivity index (χ4n) is 3.29. The maximum absolute atomic E-state index is 14.4. The van der Waals surface area contributed by atoms with Gasteiger partial charge in [-0.15, -0.1) is 0 Å². The third-order valence-electron chi connectivity index (χ3n) is 4.93. The molecule has 0 saturated carbocycles. The van der Waals surface area contributed by atoms with Crippen LogP contribution in [0, 0.1) is 11.6 Å². The van der Waals surface area contributed by atoms with Gasteiger partial charge in [0.25, 0.3) is 0 Å². The number of halogens is 2. The molecule has 0 aliphatic carbocycles. The van der Waals surface area contributed by atoms with E-state index >= 15 is 0 Å². The van der Waals surface area contributed by atoms with Gasteiger partial charge < -0.3 is 15.5 Å². The number of nitrogens with zero attached hydrogens (tertiary/aromatic N) is 4. The highest BCUT2D eigenvalue weighted by Gasteiger charge is 2.24. The van der Waals surface area contributed by atoms with Gasteiger partial charge in [0.15, 0.2) is 5.82 Å². The van der Waals surface area contributed by atoms with E-state index in [2.05, 4.69) is 24.9 Å². The Bertz CT molecular complexity index is 1490. The van der Waals surface area contributed by atoms with Crippen molar-refractivity contribution in [3.05, 3.63) is 90.3 Å². The minimum atomic E-state index is -1.10. The number of H-pyrrole nitrogens is 1. The lowest BCUT2D eigenvalue weighted by Crippen LogP contribution is -2.09. The lowest BCUT2D eigenvalue weighted by molar-refractivity contribution is 0.103. The first-order valence-electron chi connectivity index (χ1n) is 9.67. The van der Waals surface area contributed by atoms with E-state index in [1.54, 1.807) is 30.6 Å². The number of carbonyl (C=O) groups excluding carboxylic acids is 1. The molecule has 3 N–H and O–H groups in total. The number of benzene rings is 1. The fraction of sp³-hybridized carbons (Fsp3) is 0. The molecule has 0 saturated heterocycles. The van der Waals surface area contributed by atoms with Crippen molar-refractivity contribution in [2.45, 2.75) is 0 Å². The van der Waals surface area contributed by atoms with E-state index in [1.807, 2.05) is 0 Å². The predicted molar refractivity (Wildman–Crippen MR) is 116 cm³/mol. The Morgan fingerprint density at radius 1 is 1.00 bits per heavy atom. The van der Waals surface area contributed by atoms with E-state index in [-0.39, 0.29) is 17.3 Å². The molecule has 0 unspecified atom stereocenters. The second kappa shape index (κ2) is 8.08. The number of nitrogens with one attached hydrogen (secondary N) is 1. The summed E-state index contributed by atoms with van der Waals surface area (Å²) in [6.07, 6.45) is 9.14. The second-order valence-corrected chi connectivity index (χ2v) is 7.02. The van der Waals surface area contributed by atoms with E-state index in [0.717, 1.165) is 12.1 Å². The molecule has 1 aromatic carbocycles. The average Bonchev–Trinajstić information content (AvgIpc) is 3.26. The third kappa shape index (κ3) is 3.74. The number of carbonyl (C=O) groups is 1. The van der Waals surface area contributed by atoms with E-state index in [9.17, 15) is 13.6 Å². The van der Waals surface area contributed by atoms with Crippen molar-refractivity contribution < 1.29 is 18.3 Å². The first-order valence-corrected chi connectivity index (χ1v) is 9.67. The molecule has 0 amide bonds. The molecule has 33 heavy (non-hydrogen) atoms. The summed E-state index contributed by atoms with van der Waals surface area (Å²) in [6.45, 7) is 0. The number of ketones is 1. The number of aromatic nitrogens is 5. The van der Waals surface area contributed by atoms with Gasteiger partial charge in [-0.3, -0.25) is 9.78 Å². The van der Waals surface area contributed by atoms with Crippen LogP contribution in [0.3, 0.4) is 0 Å². The van der Waals surface area contributed by atoms with E-state index in [4.69, 9.17) is 10.5 Å². The van der Waals surface area contributed by atoms with E-state index in [1.165, 1.54) is 24.8 Å². The molecule has 8 nitrogen and oxygen atoms in total. The van der Waals surface area contributed by atoms with Crippen LogP contribution in [0.2, 0.25) is 0 Å². The number of hydrogen-bond acceptors (Lipinski definition) is 7. The smallest absolute Gasteiger partial charge is 0.321 e. The molecule has 0 fully saturated rings. The van der Waals surface area contributed by atoms with Crippen LogP contribution in [0.4, 0.5) is 14.5 Å². The molecule has 4 aromatic heterocycles. The monoisotopic (exact) mass is 444 g/mol. The first-order chi connectivity index (χ1) is 16.0. The standard InChI is InChI=1S/C23H14F2N6O2/c24-17-3-4-18(26)20(25)19(17)21(32)16-11-29-22-15(16)6-12(7-28-22)13-8-30-23(31-9-13)33-14-2-1-5-27-10-14/h1-11H,26H2,(H,28,29). The van der Waals surface area contributed by atoms with Crippen LogP contribution in [0.5, 0.6) is 11.8 Å². The Morgan fingerprint density at radius 3 is 2.55 bits per heavy atom. The summed E-state index contributed by atoms with van der Waals surface area (Å²) in [4.78, 5) is 32.4. The number of aromatic amines is 1. The average molecular weight is 444 g/mol. The number of pyridine rings is 2. The van der Waals surface area contributed by atoms with Crippen molar-refractivity contribution in [2.24, 2.45) is 0 Å². The quantitative estimate of drug-likeness (QED) is 0.306. The van der Waals surface area contributed by atoms with Crippen LogP contribution in [-0.2, 0) is 0 Å². The van der Waals surface area contributed by atoms with Crippen molar-refractivity contribution in [3.63, 3.8) is 0 Å². The molecular weight excluding hydrogens is 430 g/mol. The van der Waals surface area contributed by atoms with Crippen LogP contribution >= 0.6 is 0 Å². The molecule has 0 aliphatic heterocycles. The molecule has 0 atom stereocenters. The summed E-state index contributed by atoms with van der Waals surface area (Å²) in [5.74, 6) is -2.46. The predicted octanol–water partition coefficient (Wildman–Crippen LogP) is 4.30. The van der Waals surface area contributed by atoms with Gasteiger partial charge in [-0.1, -0.05) is 0 Å². The van der Waals surface area contributed by atoms with Gasteiger partial charge in [0.05, 0.1) is 17.4 Å². The number of nitrogens with two attached hydrogens (primary N) is 1. The second-order valence-electron chi connectivity index (χ2n) is 7.02. The van der Waals surface area contributed by atoms with Gasteiger partial charge in [0.2, 0.25) is 5.78 Å². The molecular formula is C23H14F2N6O2. The highest BCUT2D eigenvalue weighted by Crippen LogP contribution is 2.28. The van der Waals surface area contributed by atoms with Crippen molar-refractivity contribution in [1.29, 1.82) is 0 Å². The molecule has 5 aromatic rings. The largest absolute Gasteiger partial charge is 0.423 e. The summed E-state index contributed by atoms with van der Waals surface area (Å²) in [6, 6.07) is 7.26. The van der Waals surface area contributed by atoms with Crippen molar-refractivity contribution in [1.82, 2.24) is 24.9 Å². The lowest BCUT2D eigenvalue weighted by atomic mass is 10.0. The Morgan fingerprint density at radius 2 is 1.79 bits per heavy atom. The van der Waals surface area contributed by atoms with Crippen molar-refractivity contribution in [2.75, 3.05) is 5.73 Å². The summed E-state index contributed by atoms with van der Waals surface area (Å²) in [7, 11) is 0. The van der Waals surface area contributed by atoms with Crippen LogP contribution in [0.15, 0.2) is 67.5 Å². The third-order valence-corrected chi connectivity index (χ3v) is 4.93. The molecule has 5 rings (SSSR count). The Balaban J connectivity index is 1.49. The molecule has 162 valence electrons. The summed E-state index contributed by atoms with van der Waals surface area (Å²) in [5, 5.41) is 0.384. The maximum atomic E-state index is 14.4. The molecule has 0 spiro atoms. The zero-order valence-electron chi connectivity index (χ0n) is 16.8. The topological polar surface area (TPSA) is 120 Å². The van der Waals surface area contributed by atoms with Crippen molar-refractivity contribution >= 4 is 22.5 Å². The highest BCUT2D eigenvalue weighted by molar-refractivity contribution is 6.16. The number of nitrogen functional groups attached to an aromatic ring is 1. The number of anilines is 1. The number of ether oxygens (including phenoxy) is 1. The zero-order chi connectivity index (χ0) is 22.9. The van der Waals surface area contributed by atoms with E-state index in [0.29, 0.717) is 27.9 Å². The molecule has 4 heterocycles. The van der Waals surface area contributed by atoms with Crippen molar-refractivity contribution in [3.8, 4) is 22.9 Å². The van der Waals surface area contributed by atoms with Crippen LogP contribution in [0.1, 0.15) is 15.9 Å². The van der Waals surface area contributed by atoms with E-state index < -0.39 is 23.0 Å². The summed E-state index contributed by atoms with van der Waals surface area (Å²) >= 11 is 0. The highest BCUT2D eigenvalue weighted by atomic mass is 19.1. The molecule has 10 heteroatoms. The summed E-state index contributed by atoms with van der Waals surface area (Å²) in [5.41, 5.74) is 6.11. The Labute approximate surface area is 185 Å². The summed E-state index contributed by atoms with van der Waals surface area (Å²) < 4.78 is 34.2. The normalized spacial score (nSPS) is 11.0. The van der Waals surface area contributed by atoms with Gasteiger partial charge in [-0.05, 0) is 30.3 Å². The van der Waals surface area contributed by atoms with Gasteiger partial charge in [-0.25, -0.2) is 23.7 Å². The van der Waals surface area contributed by atoms with Crippen LogP contribution < -0.4 is 10.5 Å².